The third-order valence-electron chi connectivity index (χ3n) is 2.15. The Morgan fingerprint density at radius 2 is 1.50 bits per heavy atom. The summed E-state index contributed by atoms with van der Waals surface area (Å²) in [5.41, 5.74) is 0. The summed E-state index contributed by atoms with van der Waals surface area (Å²) in [7, 11) is -4.19. The number of carbonyl (C=O) groups is 2. The second kappa shape index (κ2) is 7.51. The summed E-state index contributed by atoms with van der Waals surface area (Å²) in [5.74, 6) is -1.09. The van der Waals surface area contributed by atoms with Gasteiger partial charge in [-0.1, -0.05) is 13.3 Å². The molecule has 5 nitrogen and oxygen atoms in total. The van der Waals surface area contributed by atoms with Crippen LogP contribution in [-0.4, -0.2) is 30.3 Å². The molecule has 0 aliphatic rings. The molecule has 94 valence electrons. The topological polar surface area (TPSA) is 88.5 Å². The van der Waals surface area contributed by atoms with Crippen LogP contribution in [0.3, 0.4) is 0 Å². The van der Waals surface area contributed by atoms with Crippen molar-refractivity contribution in [3.63, 3.8) is 0 Å². The fourth-order valence-electron chi connectivity index (χ4n) is 1.27. The van der Waals surface area contributed by atoms with Crippen LogP contribution >= 0.6 is 0 Å². The molecule has 0 bridgehead atoms. The van der Waals surface area contributed by atoms with Gasteiger partial charge in [0.2, 0.25) is 0 Å². The van der Waals surface area contributed by atoms with Gasteiger partial charge in [-0.3, -0.25) is 14.1 Å². The van der Waals surface area contributed by atoms with Crippen molar-refractivity contribution in [2.75, 3.05) is 5.75 Å². The Morgan fingerprint density at radius 3 is 1.94 bits per heavy atom. The summed E-state index contributed by atoms with van der Waals surface area (Å²) in [5, 5.41) is 0. The Bertz CT molecular complexity index is 331. The number of ketones is 2. The minimum atomic E-state index is -4.19. The van der Waals surface area contributed by atoms with Gasteiger partial charge in [0.1, 0.15) is 17.3 Å². The molecule has 0 unspecified atom stereocenters. The van der Waals surface area contributed by atoms with Gasteiger partial charge in [-0.25, -0.2) is 0 Å². The van der Waals surface area contributed by atoms with Crippen LogP contribution in [0.5, 0.6) is 0 Å². The first-order valence-corrected chi connectivity index (χ1v) is 6.94. The van der Waals surface area contributed by atoms with Gasteiger partial charge in [0, 0.05) is 19.3 Å². The summed E-state index contributed by atoms with van der Waals surface area (Å²) < 4.78 is 29.1. The van der Waals surface area contributed by atoms with Gasteiger partial charge in [0.25, 0.3) is 10.1 Å². The van der Waals surface area contributed by atoms with E-state index in [1.54, 1.807) is 6.92 Å². The van der Waals surface area contributed by atoms with E-state index in [-0.39, 0.29) is 12.2 Å². The predicted molar refractivity (Wildman–Crippen MR) is 59.8 cm³/mol. The molecule has 0 heterocycles. The number of hydrogen-bond donors (Lipinski definition) is 1. The molecule has 16 heavy (non-hydrogen) atoms. The lowest BCUT2D eigenvalue weighted by Gasteiger charge is -1.99. The molecule has 0 saturated heterocycles. The number of Topliss-reactive ketones (excluding diaryl/α,β-unsaturated/α-hetero) is 2. The maximum absolute atomic E-state index is 11.0. The lowest BCUT2D eigenvalue weighted by molar-refractivity contribution is -0.118. The average Bonchev–Trinajstić information content (AvgIpc) is 2.14. The third kappa shape index (κ3) is 9.79. The van der Waals surface area contributed by atoms with E-state index in [9.17, 15) is 18.0 Å². The standard InChI is InChI=1S/C10H18O5S/c1-2-9(11)6-4-3-5-7-10(12)8-16(13,14)15/h2-8H2,1H3,(H,13,14,15). The highest BCUT2D eigenvalue weighted by Crippen LogP contribution is 2.05. The Labute approximate surface area is 96.0 Å². The van der Waals surface area contributed by atoms with E-state index in [1.165, 1.54) is 0 Å². The minimum Gasteiger partial charge on any atom is -0.300 e. The molecule has 0 aliphatic heterocycles. The van der Waals surface area contributed by atoms with E-state index in [1.807, 2.05) is 0 Å². The molecular formula is C10H18O5S. The molecule has 1 N–H and O–H groups in total. The van der Waals surface area contributed by atoms with Crippen LogP contribution in [0.4, 0.5) is 0 Å². The molecule has 0 aliphatic carbocycles. The van der Waals surface area contributed by atoms with E-state index in [4.69, 9.17) is 4.55 Å². The van der Waals surface area contributed by atoms with Crippen LogP contribution in [0.2, 0.25) is 0 Å². The van der Waals surface area contributed by atoms with Crippen molar-refractivity contribution >= 4 is 21.7 Å². The number of carbonyl (C=O) groups excluding carboxylic acids is 2. The fraction of sp³-hybridized carbons (Fsp3) is 0.800. The minimum absolute atomic E-state index is 0.139. The largest absolute Gasteiger partial charge is 0.300 e. The van der Waals surface area contributed by atoms with Gasteiger partial charge in [-0.15, -0.1) is 0 Å². The maximum Gasteiger partial charge on any atom is 0.272 e. The molecular weight excluding hydrogens is 232 g/mol. The van der Waals surface area contributed by atoms with Gasteiger partial charge in [-0.05, 0) is 12.8 Å². The number of unbranched alkanes of at least 4 members (excludes halogenated alkanes) is 2. The van der Waals surface area contributed by atoms with Crippen molar-refractivity contribution in [3.05, 3.63) is 0 Å². The predicted octanol–water partition coefficient (Wildman–Crippen LogP) is 1.37. The van der Waals surface area contributed by atoms with Crippen molar-refractivity contribution in [3.8, 4) is 0 Å². The zero-order valence-electron chi connectivity index (χ0n) is 9.44. The average molecular weight is 250 g/mol. The Hall–Kier alpha value is -0.750. The lowest BCUT2D eigenvalue weighted by atomic mass is 10.1. The molecule has 0 spiro atoms. The van der Waals surface area contributed by atoms with Crippen LogP contribution in [0.25, 0.3) is 0 Å². The normalized spacial score (nSPS) is 11.4. The molecule has 6 heteroatoms. The molecule has 0 aromatic heterocycles. The maximum atomic E-state index is 11.0. The van der Waals surface area contributed by atoms with Gasteiger partial charge in [0.15, 0.2) is 0 Å². The van der Waals surface area contributed by atoms with E-state index >= 15 is 0 Å². The molecule has 0 aromatic rings. The van der Waals surface area contributed by atoms with Crippen molar-refractivity contribution in [1.29, 1.82) is 0 Å². The molecule has 0 amide bonds. The van der Waals surface area contributed by atoms with E-state index in [2.05, 4.69) is 0 Å². The van der Waals surface area contributed by atoms with Crippen LogP contribution in [0.15, 0.2) is 0 Å². The second-order valence-electron chi connectivity index (χ2n) is 3.72. The monoisotopic (exact) mass is 250 g/mol. The van der Waals surface area contributed by atoms with E-state index < -0.39 is 21.7 Å². The lowest BCUT2D eigenvalue weighted by Crippen LogP contribution is -2.14. The Balaban J connectivity index is 3.53. The summed E-state index contributed by atoms with van der Waals surface area (Å²) in [6, 6.07) is 0. The smallest absolute Gasteiger partial charge is 0.272 e. The van der Waals surface area contributed by atoms with Crippen LogP contribution in [-0.2, 0) is 19.7 Å². The first kappa shape index (κ1) is 15.2. The molecule has 0 aromatic carbocycles. The zero-order chi connectivity index (χ0) is 12.6. The summed E-state index contributed by atoms with van der Waals surface area (Å²) in [4.78, 5) is 21.9. The quantitative estimate of drug-likeness (QED) is 0.493. The van der Waals surface area contributed by atoms with Gasteiger partial charge < -0.3 is 0 Å². The SMILES string of the molecule is CCC(=O)CCCCCC(=O)CS(=O)(=O)O. The summed E-state index contributed by atoms with van der Waals surface area (Å²) >= 11 is 0. The van der Waals surface area contributed by atoms with Crippen LogP contribution in [0.1, 0.15) is 45.4 Å². The Kier molecular flexibility index (Phi) is 7.16. The molecule has 0 saturated carbocycles. The highest BCUT2D eigenvalue weighted by molar-refractivity contribution is 7.86. The van der Waals surface area contributed by atoms with Gasteiger partial charge in [-0.2, -0.15) is 8.42 Å². The zero-order valence-corrected chi connectivity index (χ0v) is 10.3. The second-order valence-corrected chi connectivity index (χ2v) is 5.17. The summed E-state index contributed by atoms with van der Waals surface area (Å²) in [6.07, 6.45) is 3.20. The third-order valence-corrected chi connectivity index (χ3v) is 2.84. The molecule has 0 atom stereocenters. The van der Waals surface area contributed by atoms with Gasteiger partial charge >= 0.3 is 0 Å². The van der Waals surface area contributed by atoms with Crippen molar-refractivity contribution in [2.24, 2.45) is 0 Å². The van der Waals surface area contributed by atoms with E-state index in [0.717, 1.165) is 12.8 Å². The highest BCUT2D eigenvalue weighted by Gasteiger charge is 2.12. The fourth-order valence-corrected chi connectivity index (χ4v) is 1.82. The number of rotatable bonds is 9. The van der Waals surface area contributed by atoms with Crippen molar-refractivity contribution in [2.45, 2.75) is 45.4 Å². The van der Waals surface area contributed by atoms with Gasteiger partial charge in [0.05, 0.1) is 0 Å². The van der Waals surface area contributed by atoms with E-state index in [0.29, 0.717) is 19.3 Å². The molecule has 0 fully saturated rings. The molecule has 0 radical (unpaired) electrons. The first-order valence-electron chi connectivity index (χ1n) is 5.33. The van der Waals surface area contributed by atoms with Crippen LogP contribution < -0.4 is 0 Å². The first-order chi connectivity index (χ1) is 7.35. The Morgan fingerprint density at radius 1 is 1.00 bits per heavy atom. The van der Waals surface area contributed by atoms with Crippen molar-refractivity contribution < 1.29 is 22.6 Å². The highest BCUT2D eigenvalue weighted by atomic mass is 32.2. The van der Waals surface area contributed by atoms with Crippen LogP contribution in [0, 0.1) is 0 Å². The molecule has 0 rings (SSSR count). The number of hydrogen-bond acceptors (Lipinski definition) is 4. The summed E-state index contributed by atoms with van der Waals surface area (Å²) in [6.45, 7) is 1.80. The van der Waals surface area contributed by atoms with Crippen molar-refractivity contribution in [1.82, 2.24) is 0 Å².